The summed E-state index contributed by atoms with van der Waals surface area (Å²) in [6.07, 6.45) is 0. The zero-order valence-electron chi connectivity index (χ0n) is 9.68. The third-order valence-electron chi connectivity index (χ3n) is 2.23. The number of hydrogen-bond donors (Lipinski definition) is 2. The number of hydrogen-bond acceptors (Lipinski definition) is 2. The minimum Gasteiger partial charge on any atom is -0.466 e. The van der Waals surface area contributed by atoms with Gasteiger partial charge in [0.15, 0.2) is 5.11 Å². The minimum absolute atomic E-state index is 0.175. The Morgan fingerprint density at radius 3 is 2.67 bits per heavy atom. The highest BCUT2D eigenvalue weighted by atomic mass is 32.1. The van der Waals surface area contributed by atoms with Gasteiger partial charge in [-0.3, -0.25) is 0 Å². The van der Waals surface area contributed by atoms with E-state index in [1.54, 1.807) is 0 Å². The highest BCUT2D eigenvalue weighted by Gasteiger charge is 2.12. The van der Waals surface area contributed by atoms with Crippen LogP contribution < -0.4 is 10.6 Å². The Hall–Kier alpha value is -1.03. The third-order valence-corrected chi connectivity index (χ3v) is 2.49. The maximum Gasteiger partial charge on any atom is 0.166 e. The zero-order valence-corrected chi connectivity index (χ0v) is 10.5. The van der Waals surface area contributed by atoms with E-state index in [0.29, 0.717) is 5.11 Å². The van der Waals surface area contributed by atoms with Crippen molar-refractivity contribution < 1.29 is 4.42 Å². The minimum atomic E-state index is 0.175. The van der Waals surface area contributed by atoms with E-state index in [2.05, 4.69) is 17.6 Å². The predicted molar refractivity (Wildman–Crippen MR) is 66.0 cm³/mol. The van der Waals surface area contributed by atoms with Gasteiger partial charge in [-0.05, 0) is 46.0 Å². The molecule has 0 amide bonds. The lowest BCUT2D eigenvalue weighted by Gasteiger charge is -2.15. The molecule has 0 fully saturated rings. The molecule has 1 unspecified atom stereocenters. The van der Waals surface area contributed by atoms with Gasteiger partial charge < -0.3 is 15.1 Å². The van der Waals surface area contributed by atoms with E-state index >= 15 is 0 Å². The molecule has 0 aliphatic rings. The summed E-state index contributed by atoms with van der Waals surface area (Å²) in [5, 5.41) is 6.96. The molecule has 1 heterocycles. The fourth-order valence-corrected chi connectivity index (χ4v) is 1.89. The summed E-state index contributed by atoms with van der Waals surface area (Å²) < 4.78 is 5.47. The molecule has 4 heteroatoms. The van der Waals surface area contributed by atoms with Crippen molar-refractivity contribution in [2.75, 3.05) is 6.54 Å². The second kappa shape index (κ2) is 5.16. The number of rotatable bonds is 3. The van der Waals surface area contributed by atoms with Crippen molar-refractivity contribution in [2.45, 2.75) is 33.7 Å². The van der Waals surface area contributed by atoms with Crippen molar-refractivity contribution in [1.82, 2.24) is 10.6 Å². The first-order valence-corrected chi connectivity index (χ1v) is 5.56. The first kappa shape index (κ1) is 12.0. The van der Waals surface area contributed by atoms with E-state index in [0.717, 1.165) is 23.6 Å². The molecule has 0 bridgehead atoms. The molecule has 0 aromatic carbocycles. The molecule has 15 heavy (non-hydrogen) atoms. The Morgan fingerprint density at radius 2 is 2.20 bits per heavy atom. The summed E-state index contributed by atoms with van der Waals surface area (Å²) >= 11 is 5.13. The standard InChI is InChI=1S/C11H18N2OS/c1-5-12-11(15)13-8(3)10-6-7(2)14-9(10)4/h6,8H,5H2,1-4H3,(H2,12,13,15). The molecular formula is C11H18N2OS. The second-order valence-electron chi connectivity index (χ2n) is 3.59. The van der Waals surface area contributed by atoms with E-state index in [4.69, 9.17) is 16.6 Å². The first-order valence-electron chi connectivity index (χ1n) is 5.16. The summed E-state index contributed by atoms with van der Waals surface area (Å²) in [4.78, 5) is 0. The van der Waals surface area contributed by atoms with E-state index in [1.807, 2.05) is 26.8 Å². The topological polar surface area (TPSA) is 37.2 Å². The molecular weight excluding hydrogens is 208 g/mol. The monoisotopic (exact) mass is 226 g/mol. The molecule has 3 nitrogen and oxygen atoms in total. The molecule has 1 aromatic rings. The normalized spacial score (nSPS) is 12.3. The van der Waals surface area contributed by atoms with Crippen molar-refractivity contribution in [3.8, 4) is 0 Å². The highest BCUT2D eigenvalue weighted by Crippen LogP contribution is 2.20. The van der Waals surface area contributed by atoms with Gasteiger partial charge in [-0.1, -0.05) is 0 Å². The van der Waals surface area contributed by atoms with Gasteiger partial charge in [0, 0.05) is 12.1 Å². The van der Waals surface area contributed by atoms with Crippen molar-refractivity contribution in [3.05, 3.63) is 23.2 Å². The van der Waals surface area contributed by atoms with E-state index in [-0.39, 0.29) is 6.04 Å². The van der Waals surface area contributed by atoms with Gasteiger partial charge in [0.1, 0.15) is 11.5 Å². The molecule has 0 saturated carbocycles. The Labute approximate surface area is 96.2 Å². The molecule has 0 saturated heterocycles. The maximum absolute atomic E-state index is 5.47. The van der Waals surface area contributed by atoms with Crippen LogP contribution in [0.1, 0.15) is 37.0 Å². The molecule has 0 spiro atoms. The van der Waals surface area contributed by atoms with E-state index in [9.17, 15) is 0 Å². The van der Waals surface area contributed by atoms with Crippen molar-refractivity contribution in [1.29, 1.82) is 0 Å². The molecule has 0 aliphatic heterocycles. The number of thiocarbonyl (C=S) groups is 1. The molecule has 0 radical (unpaired) electrons. The van der Waals surface area contributed by atoms with Gasteiger partial charge in [0.05, 0.1) is 6.04 Å². The molecule has 1 rings (SSSR count). The molecule has 2 N–H and O–H groups in total. The number of furan rings is 1. The van der Waals surface area contributed by atoms with Gasteiger partial charge in [-0.15, -0.1) is 0 Å². The predicted octanol–water partition coefficient (Wildman–Crippen LogP) is 2.44. The van der Waals surface area contributed by atoms with Crippen molar-refractivity contribution in [2.24, 2.45) is 0 Å². The van der Waals surface area contributed by atoms with Crippen LogP contribution in [-0.2, 0) is 0 Å². The number of nitrogens with one attached hydrogen (secondary N) is 2. The van der Waals surface area contributed by atoms with Gasteiger partial charge in [0.2, 0.25) is 0 Å². The van der Waals surface area contributed by atoms with Gasteiger partial charge in [-0.2, -0.15) is 0 Å². The molecule has 1 aromatic heterocycles. The van der Waals surface area contributed by atoms with Crippen LogP contribution in [0.4, 0.5) is 0 Å². The summed E-state index contributed by atoms with van der Waals surface area (Å²) in [5.74, 6) is 1.89. The second-order valence-corrected chi connectivity index (χ2v) is 4.00. The molecule has 1 atom stereocenters. The molecule has 0 aliphatic carbocycles. The first-order chi connectivity index (χ1) is 7.04. The van der Waals surface area contributed by atoms with E-state index < -0.39 is 0 Å². The van der Waals surface area contributed by atoms with Gasteiger partial charge in [0.25, 0.3) is 0 Å². The largest absolute Gasteiger partial charge is 0.466 e. The van der Waals surface area contributed by atoms with Crippen LogP contribution in [0.15, 0.2) is 10.5 Å². The molecule has 84 valence electrons. The summed E-state index contributed by atoms with van der Waals surface area (Å²) in [6, 6.07) is 2.22. The van der Waals surface area contributed by atoms with Crippen molar-refractivity contribution >= 4 is 17.3 Å². The fourth-order valence-electron chi connectivity index (χ4n) is 1.57. The maximum atomic E-state index is 5.47. The lowest BCUT2D eigenvalue weighted by molar-refractivity contribution is 0.497. The van der Waals surface area contributed by atoms with Gasteiger partial charge in [-0.25, -0.2) is 0 Å². The van der Waals surface area contributed by atoms with Gasteiger partial charge >= 0.3 is 0 Å². The van der Waals surface area contributed by atoms with Crippen LogP contribution in [0.2, 0.25) is 0 Å². The Kier molecular flexibility index (Phi) is 4.15. The lowest BCUT2D eigenvalue weighted by atomic mass is 10.1. The number of aryl methyl sites for hydroxylation is 2. The zero-order chi connectivity index (χ0) is 11.4. The van der Waals surface area contributed by atoms with Crippen molar-refractivity contribution in [3.63, 3.8) is 0 Å². The quantitative estimate of drug-likeness (QED) is 0.776. The van der Waals surface area contributed by atoms with Crippen LogP contribution in [0.5, 0.6) is 0 Å². The summed E-state index contributed by atoms with van der Waals surface area (Å²) in [5.41, 5.74) is 1.16. The van der Waals surface area contributed by atoms with Crippen LogP contribution >= 0.6 is 12.2 Å². The Morgan fingerprint density at radius 1 is 1.53 bits per heavy atom. The summed E-state index contributed by atoms with van der Waals surface area (Å²) in [6.45, 7) is 8.84. The lowest BCUT2D eigenvalue weighted by Crippen LogP contribution is -2.36. The highest BCUT2D eigenvalue weighted by molar-refractivity contribution is 7.80. The van der Waals surface area contributed by atoms with Crippen LogP contribution in [0.3, 0.4) is 0 Å². The Bertz CT molecular complexity index is 346. The third kappa shape index (κ3) is 3.23. The van der Waals surface area contributed by atoms with Crippen LogP contribution in [0, 0.1) is 13.8 Å². The fraction of sp³-hybridized carbons (Fsp3) is 0.545. The average molecular weight is 226 g/mol. The van der Waals surface area contributed by atoms with Crippen LogP contribution in [-0.4, -0.2) is 11.7 Å². The SMILES string of the molecule is CCNC(=S)NC(C)c1cc(C)oc1C. The Balaban J connectivity index is 2.64. The average Bonchev–Trinajstić information content (AvgIpc) is 2.45. The van der Waals surface area contributed by atoms with Crippen LogP contribution in [0.25, 0.3) is 0 Å². The van der Waals surface area contributed by atoms with E-state index in [1.165, 1.54) is 0 Å². The smallest absolute Gasteiger partial charge is 0.166 e. The summed E-state index contributed by atoms with van der Waals surface area (Å²) in [7, 11) is 0.